The Morgan fingerprint density at radius 3 is 2.69 bits per heavy atom. The van der Waals surface area contributed by atoms with Gasteiger partial charge in [-0.25, -0.2) is 4.39 Å². The molecular weight excluding hydrogens is 231 g/mol. The number of anilines is 1. The van der Waals surface area contributed by atoms with Gasteiger partial charge in [-0.2, -0.15) is 12.7 Å². The SMILES string of the molecule is CN(C)S(=O)(=O)N1CCc2cc(F)ccc21. The average Bonchev–Trinajstić information content (AvgIpc) is 2.60. The van der Waals surface area contributed by atoms with Crippen molar-refractivity contribution < 1.29 is 12.8 Å². The van der Waals surface area contributed by atoms with Crippen LogP contribution < -0.4 is 4.31 Å². The van der Waals surface area contributed by atoms with Crippen molar-refractivity contribution in [2.24, 2.45) is 0 Å². The number of rotatable bonds is 2. The second-order valence-electron chi connectivity index (χ2n) is 3.89. The zero-order valence-corrected chi connectivity index (χ0v) is 9.96. The molecule has 0 aromatic heterocycles. The van der Waals surface area contributed by atoms with Crippen LogP contribution in [0.5, 0.6) is 0 Å². The van der Waals surface area contributed by atoms with Crippen LogP contribution in [0.15, 0.2) is 18.2 Å². The van der Waals surface area contributed by atoms with Gasteiger partial charge in [-0.05, 0) is 30.2 Å². The molecule has 0 spiro atoms. The molecule has 0 saturated carbocycles. The summed E-state index contributed by atoms with van der Waals surface area (Å²) in [6.07, 6.45) is 0.556. The van der Waals surface area contributed by atoms with Crippen molar-refractivity contribution in [2.75, 3.05) is 24.9 Å². The fourth-order valence-corrected chi connectivity index (χ4v) is 2.92. The minimum absolute atomic E-state index is 0.331. The first-order valence-electron chi connectivity index (χ1n) is 4.91. The van der Waals surface area contributed by atoms with Gasteiger partial charge < -0.3 is 0 Å². The topological polar surface area (TPSA) is 40.6 Å². The van der Waals surface area contributed by atoms with E-state index in [0.29, 0.717) is 18.7 Å². The number of benzene rings is 1. The van der Waals surface area contributed by atoms with Gasteiger partial charge in [-0.15, -0.1) is 0 Å². The quantitative estimate of drug-likeness (QED) is 0.778. The van der Waals surface area contributed by atoms with Gasteiger partial charge in [0.1, 0.15) is 5.82 Å². The van der Waals surface area contributed by atoms with Crippen LogP contribution in [0.1, 0.15) is 5.56 Å². The summed E-state index contributed by atoms with van der Waals surface area (Å²) in [6, 6.07) is 4.18. The third-order valence-corrected chi connectivity index (χ3v) is 4.49. The van der Waals surface area contributed by atoms with Crippen LogP contribution in [0.3, 0.4) is 0 Å². The number of nitrogens with zero attached hydrogens (tertiary/aromatic N) is 2. The molecule has 0 atom stereocenters. The molecule has 88 valence electrons. The Bertz CT molecular complexity index is 514. The highest BCUT2D eigenvalue weighted by Gasteiger charge is 2.30. The van der Waals surface area contributed by atoms with E-state index >= 15 is 0 Å². The smallest absolute Gasteiger partial charge is 0.257 e. The van der Waals surface area contributed by atoms with Gasteiger partial charge in [0.25, 0.3) is 0 Å². The Morgan fingerprint density at radius 2 is 2.06 bits per heavy atom. The van der Waals surface area contributed by atoms with Crippen molar-refractivity contribution in [3.05, 3.63) is 29.6 Å². The van der Waals surface area contributed by atoms with Gasteiger partial charge in [-0.1, -0.05) is 0 Å². The lowest BCUT2D eigenvalue weighted by Crippen LogP contribution is -2.38. The summed E-state index contributed by atoms with van der Waals surface area (Å²) >= 11 is 0. The molecule has 16 heavy (non-hydrogen) atoms. The Kier molecular flexibility index (Phi) is 2.63. The number of fused-ring (bicyclic) bond motifs is 1. The first-order valence-corrected chi connectivity index (χ1v) is 6.31. The maximum atomic E-state index is 13.0. The molecule has 1 aromatic rings. The van der Waals surface area contributed by atoms with Gasteiger partial charge in [0, 0.05) is 20.6 Å². The Labute approximate surface area is 94.5 Å². The Hall–Kier alpha value is -1.14. The number of halogens is 1. The van der Waals surface area contributed by atoms with Crippen LogP contribution in [0.2, 0.25) is 0 Å². The molecule has 1 aromatic carbocycles. The molecule has 0 aliphatic carbocycles. The molecule has 1 heterocycles. The van der Waals surface area contributed by atoms with Gasteiger partial charge in [0.2, 0.25) is 0 Å². The van der Waals surface area contributed by atoms with E-state index in [-0.39, 0.29) is 5.82 Å². The predicted molar refractivity (Wildman–Crippen MR) is 60.1 cm³/mol. The molecule has 0 fully saturated rings. The van der Waals surface area contributed by atoms with Crippen molar-refractivity contribution in [2.45, 2.75) is 6.42 Å². The molecule has 0 amide bonds. The van der Waals surface area contributed by atoms with Crippen LogP contribution >= 0.6 is 0 Å². The summed E-state index contributed by atoms with van der Waals surface area (Å²) in [6.45, 7) is 0.374. The van der Waals surface area contributed by atoms with Crippen molar-refractivity contribution in [1.82, 2.24) is 4.31 Å². The highest BCUT2D eigenvalue weighted by atomic mass is 32.2. The second kappa shape index (κ2) is 3.71. The Balaban J connectivity index is 2.46. The lowest BCUT2D eigenvalue weighted by Gasteiger charge is -2.23. The third-order valence-electron chi connectivity index (χ3n) is 2.63. The summed E-state index contributed by atoms with van der Waals surface area (Å²) in [5, 5.41) is 0. The second-order valence-corrected chi connectivity index (χ2v) is 5.95. The normalized spacial score (nSPS) is 15.6. The molecule has 2 rings (SSSR count). The summed E-state index contributed by atoms with van der Waals surface area (Å²) in [5.41, 5.74) is 1.32. The van der Waals surface area contributed by atoms with E-state index in [1.165, 1.54) is 36.6 Å². The first kappa shape index (κ1) is 11.3. The number of hydrogen-bond donors (Lipinski definition) is 0. The fraction of sp³-hybridized carbons (Fsp3) is 0.400. The van der Waals surface area contributed by atoms with Gasteiger partial charge in [0.05, 0.1) is 5.69 Å². The van der Waals surface area contributed by atoms with Crippen molar-refractivity contribution in [1.29, 1.82) is 0 Å². The van der Waals surface area contributed by atoms with Gasteiger partial charge in [0.15, 0.2) is 0 Å². The highest BCUT2D eigenvalue weighted by molar-refractivity contribution is 7.90. The Morgan fingerprint density at radius 1 is 1.38 bits per heavy atom. The minimum atomic E-state index is -3.46. The lowest BCUT2D eigenvalue weighted by atomic mass is 10.2. The van der Waals surface area contributed by atoms with E-state index in [1.54, 1.807) is 0 Å². The maximum Gasteiger partial charge on any atom is 0.303 e. The fourth-order valence-electron chi connectivity index (χ4n) is 1.78. The molecule has 0 unspecified atom stereocenters. The van der Waals surface area contributed by atoms with E-state index in [4.69, 9.17) is 0 Å². The maximum absolute atomic E-state index is 13.0. The lowest BCUT2D eigenvalue weighted by molar-refractivity contribution is 0.517. The number of hydrogen-bond acceptors (Lipinski definition) is 2. The van der Waals surface area contributed by atoms with Crippen molar-refractivity contribution >= 4 is 15.9 Å². The molecular formula is C10H13FN2O2S. The summed E-state index contributed by atoms with van der Waals surface area (Å²) < 4.78 is 39.3. The minimum Gasteiger partial charge on any atom is -0.257 e. The van der Waals surface area contributed by atoms with Gasteiger partial charge in [-0.3, -0.25) is 4.31 Å². The van der Waals surface area contributed by atoms with Crippen LogP contribution in [-0.2, 0) is 16.6 Å². The molecule has 0 saturated heterocycles. The van der Waals surface area contributed by atoms with Crippen molar-refractivity contribution in [3.8, 4) is 0 Å². The van der Waals surface area contributed by atoms with Crippen molar-refractivity contribution in [3.63, 3.8) is 0 Å². The summed E-state index contributed by atoms with van der Waals surface area (Å²) in [7, 11) is -0.493. The third kappa shape index (κ3) is 1.68. The summed E-state index contributed by atoms with van der Waals surface area (Å²) in [4.78, 5) is 0. The van der Waals surface area contributed by atoms with E-state index in [0.717, 1.165) is 9.87 Å². The van der Waals surface area contributed by atoms with E-state index < -0.39 is 10.2 Å². The van der Waals surface area contributed by atoms with E-state index in [1.807, 2.05) is 0 Å². The first-order chi connectivity index (χ1) is 7.43. The molecule has 0 radical (unpaired) electrons. The molecule has 1 aliphatic rings. The van der Waals surface area contributed by atoms with Gasteiger partial charge >= 0.3 is 10.2 Å². The van der Waals surface area contributed by atoms with Crippen LogP contribution in [0.25, 0.3) is 0 Å². The van der Waals surface area contributed by atoms with Crippen LogP contribution in [0.4, 0.5) is 10.1 Å². The predicted octanol–water partition coefficient (Wildman–Crippen LogP) is 0.995. The highest BCUT2D eigenvalue weighted by Crippen LogP contribution is 2.31. The monoisotopic (exact) mass is 244 g/mol. The van der Waals surface area contributed by atoms with E-state index in [2.05, 4.69) is 0 Å². The molecule has 1 aliphatic heterocycles. The molecule has 0 N–H and O–H groups in total. The van der Waals surface area contributed by atoms with Crippen LogP contribution in [-0.4, -0.2) is 33.4 Å². The summed E-state index contributed by atoms with van der Waals surface area (Å²) in [5.74, 6) is -0.331. The molecule has 6 heteroatoms. The molecule has 4 nitrogen and oxygen atoms in total. The molecule has 0 bridgehead atoms. The van der Waals surface area contributed by atoms with Crippen LogP contribution in [0, 0.1) is 5.82 Å². The zero-order valence-electron chi connectivity index (χ0n) is 9.14. The largest absolute Gasteiger partial charge is 0.303 e. The zero-order chi connectivity index (χ0) is 11.9. The van der Waals surface area contributed by atoms with E-state index in [9.17, 15) is 12.8 Å². The standard InChI is InChI=1S/C10H13FN2O2S/c1-12(2)16(14,15)13-6-5-8-7-9(11)3-4-10(8)13/h3-4,7H,5-6H2,1-2H3. The average molecular weight is 244 g/mol.